The number of carbonyl (C=O) groups excluding carboxylic acids is 4. The first-order valence-electron chi connectivity index (χ1n) is 15.7. The zero-order chi connectivity index (χ0) is 32.8. The SMILES string of the molecule is Nc1nnc(-c2cc(F)ccc2O)cc1N1CCN(CC2CCN(c3cccc4c3C(=O)N(N3CCC(=O)NC3=O)C4=O)CC2)CC1. The number of nitrogen functional groups attached to an aromatic ring is 1. The monoisotopic (exact) mass is 643 g/mol. The summed E-state index contributed by atoms with van der Waals surface area (Å²) >= 11 is 0. The van der Waals surface area contributed by atoms with Crippen molar-refractivity contribution < 1.29 is 28.7 Å². The van der Waals surface area contributed by atoms with E-state index in [1.807, 2.05) is 6.07 Å². The van der Waals surface area contributed by atoms with Crippen LogP contribution in [0.1, 0.15) is 40.0 Å². The van der Waals surface area contributed by atoms with Crippen molar-refractivity contribution in [2.45, 2.75) is 19.3 Å². The molecule has 0 aliphatic carbocycles. The summed E-state index contributed by atoms with van der Waals surface area (Å²) in [6.07, 6.45) is 1.83. The summed E-state index contributed by atoms with van der Waals surface area (Å²) in [4.78, 5) is 57.4. The van der Waals surface area contributed by atoms with Crippen LogP contribution in [0.25, 0.3) is 11.3 Å². The van der Waals surface area contributed by atoms with Gasteiger partial charge in [0.15, 0.2) is 5.82 Å². The number of hydrogen-bond donors (Lipinski definition) is 3. The molecule has 0 radical (unpaired) electrons. The quantitative estimate of drug-likeness (QED) is 0.336. The average molecular weight is 644 g/mol. The number of imide groups is 2. The Morgan fingerprint density at radius 3 is 2.34 bits per heavy atom. The molecule has 3 fully saturated rings. The van der Waals surface area contributed by atoms with Crippen molar-refractivity contribution in [2.75, 3.05) is 67.9 Å². The Kier molecular flexibility index (Phi) is 7.83. The van der Waals surface area contributed by atoms with Gasteiger partial charge in [-0.25, -0.2) is 14.2 Å². The molecule has 3 aromatic rings. The first-order valence-corrected chi connectivity index (χ1v) is 15.7. The maximum Gasteiger partial charge on any atom is 0.343 e. The summed E-state index contributed by atoms with van der Waals surface area (Å²) in [5, 5.41) is 22.4. The third-order valence-corrected chi connectivity index (χ3v) is 9.36. The summed E-state index contributed by atoms with van der Waals surface area (Å²) in [7, 11) is 0. The Bertz CT molecular complexity index is 1770. The van der Waals surface area contributed by atoms with Gasteiger partial charge in [0, 0.05) is 57.8 Å². The van der Waals surface area contributed by atoms with Gasteiger partial charge in [0.05, 0.1) is 34.7 Å². The average Bonchev–Trinajstić information content (AvgIpc) is 3.32. The number of benzene rings is 2. The van der Waals surface area contributed by atoms with Crippen molar-refractivity contribution in [3.8, 4) is 17.0 Å². The van der Waals surface area contributed by atoms with Crippen LogP contribution < -0.4 is 20.9 Å². The van der Waals surface area contributed by atoms with E-state index in [2.05, 4.69) is 30.2 Å². The molecular weight excluding hydrogens is 609 g/mol. The summed E-state index contributed by atoms with van der Waals surface area (Å²) in [5.74, 6) is -1.42. The van der Waals surface area contributed by atoms with Crippen molar-refractivity contribution >= 4 is 40.9 Å². The third kappa shape index (κ3) is 5.67. The predicted molar refractivity (Wildman–Crippen MR) is 169 cm³/mol. The number of piperazine rings is 1. The van der Waals surface area contributed by atoms with Gasteiger partial charge in [-0.15, -0.1) is 10.2 Å². The molecule has 0 spiro atoms. The number of anilines is 3. The van der Waals surface area contributed by atoms with Crippen molar-refractivity contribution in [1.29, 1.82) is 0 Å². The van der Waals surface area contributed by atoms with E-state index >= 15 is 0 Å². The van der Waals surface area contributed by atoms with Crippen molar-refractivity contribution in [2.24, 2.45) is 5.92 Å². The second-order valence-corrected chi connectivity index (χ2v) is 12.2. The van der Waals surface area contributed by atoms with Crippen LogP contribution in [0.3, 0.4) is 0 Å². The highest BCUT2D eigenvalue weighted by atomic mass is 19.1. The van der Waals surface area contributed by atoms with Crippen molar-refractivity contribution in [3.63, 3.8) is 0 Å². The van der Waals surface area contributed by atoms with Crippen LogP contribution in [-0.2, 0) is 4.79 Å². The smallest absolute Gasteiger partial charge is 0.343 e. The highest BCUT2D eigenvalue weighted by molar-refractivity contribution is 6.24. The minimum Gasteiger partial charge on any atom is -0.507 e. The van der Waals surface area contributed by atoms with Gasteiger partial charge in [0.25, 0.3) is 11.8 Å². The highest BCUT2D eigenvalue weighted by Gasteiger charge is 2.45. The lowest BCUT2D eigenvalue weighted by Gasteiger charge is -2.40. The summed E-state index contributed by atoms with van der Waals surface area (Å²) in [5.41, 5.74) is 8.69. The van der Waals surface area contributed by atoms with Crippen LogP contribution in [0.15, 0.2) is 42.5 Å². The van der Waals surface area contributed by atoms with Crippen molar-refractivity contribution in [1.82, 2.24) is 30.4 Å². The van der Waals surface area contributed by atoms with E-state index in [1.54, 1.807) is 18.2 Å². The molecule has 0 unspecified atom stereocenters. The van der Waals surface area contributed by atoms with Gasteiger partial charge in [-0.2, -0.15) is 5.01 Å². The number of piperidine rings is 1. The number of phenols is 1. The molecule has 0 atom stereocenters. The molecule has 0 saturated carbocycles. The van der Waals surface area contributed by atoms with Crippen molar-refractivity contribution in [3.05, 3.63) is 59.4 Å². The van der Waals surface area contributed by atoms with E-state index in [9.17, 15) is 28.7 Å². The van der Waals surface area contributed by atoms with E-state index in [0.717, 1.165) is 68.7 Å². The van der Waals surface area contributed by atoms with E-state index < -0.39 is 29.6 Å². The van der Waals surface area contributed by atoms with Gasteiger partial charge >= 0.3 is 6.03 Å². The molecule has 15 heteroatoms. The summed E-state index contributed by atoms with van der Waals surface area (Å²) in [6.45, 7) is 5.39. The summed E-state index contributed by atoms with van der Waals surface area (Å²) < 4.78 is 13.8. The number of rotatable bonds is 6. The fourth-order valence-corrected chi connectivity index (χ4v) is 6.87. The van der Waals surface area contributed by atoms with Crippen LogP contribution >= 0.6 is 0 Å². The van der Waals surface area contributed by atoms with E-state index in [-0.39, 0.29) is 41.2 Å². The second kappa shape index (κ2) is 12.1. The zero-order valence-corrected chi connectivity index (χ0v) is 25.6. The number of fused-ring (bicyclic) bond motifs is 1. The predicted octanol–water partition coefficient (Wildman–Crippen LogP) is 2.06. The van der Waals surface area contributed by atoms with Gasteiger partial charge in [0.1, 0.15) is 11.6 Å². The molecule has 5 heterocycles. The molecule has 4 N–H and O–H groups in total. The minimum atomic E-state index is -0.784. The molecule has 47 heavy (non-hydrogen) atoms. The number of nitrogens with two attached hydrogens (primary N) is 1. The van der Waals surface area contributed by atoms with Gasteiger partial charge in [-0.05, 0) is 55.2 Å². The molecule has 4 aliphatic rings. The van der Waals surface area contributed by atoms with Gasteiger partial charge in [-0.3, -0.25) is 24.6 Å². The van der Waals surface area contributed by atoms with E-state index in [4.69, 9.17) is 5.73 Å². The minimum absolute atomic E-state index is 0.00640. The zero-order valence-electron chi connectivity index (χ0n) is 25.6. The lowest BCUT2D eigenvalue weighted by molar-refractivity contribution is -0.122. The first-order chi connectivity index (χ1) is 22.7. The number of aromatic hydroxyl groups is 1. The molecule has 244 valence electrons. The molecule has 14 nitrogen and oxygen atoms in total. The molecular formula is C32H34FN9O5. The molecule has 2 aromatic carbocycles. The maximum atomic E-state index is 13.8. The van der Waals surface area contributed by atoms with Gasteiger partial charge < -0.3 is 20.6 Å². The topological polar surface area (TPSA) is 169 Å². The highest BCUT2D eigenvalue weighted by Crippen LogP contribution is 2.36. The second-order valence-electron chi connectivity index (χ2n) is 12.2. The Morgan fingerprint density at radius 1 is 0.851 bits per heavy atom. The number of halogens is 1. The molecule has 3 saturated heterocycles. The van der Waals surface area contributed by atoms with Crippen LogP contribution in [0.5, 0.6) is 5.75 Å². The largest absolute Gasteiger partial charge is 0.507 e. The number of amides is 5. The van der Waals surface area contributed by atoms with E-state index in [1.165, 1.54) is 18.2 Å². The lowest BCUT2D eigenvalue weighted by Crippen LogP contribution is -2.58. The number of phenolic OH excluding ortho intramolecular Hbond substituents is 1. The number of hydrogen-bond acceptors (Lipinski definition) is 11. The van der Waals surface area contributed by atoms with Crippen LogP contribution in [0, 0.1) is 11.7 Å². The Labute approximate surface area is 269 Å². The standard InChI is InChI=1S/C32H34FN9O5/c33-20-4-5-26(43)22(16-20)23-17-25(29(34)37-36-23)40-14-12-38(13-15-40)18-19-6-9-39(10-7-19)24-3-1-2-21-28(24)31(46)42(30(21)45)41-11-8-27(44)35-32(41)47/h1-5,16-17,19,43H,6-15,18H2,(H2,34,37)(H,35,44,47). The van der Waals surface area contributed by atoms with Crippen LogP contribution in [0.4, 0.5) is 26.4 Å². The number of carbonyl (C=O) groups is 4. The normalized spacial score (nSPS) is 19.4. The van der Waals surface area contributed by atoms with Crippen LogP contribution in [0.2, 0.25) is 0 Å². The first kappa shape index (κ1) is 30.3. The molecule has 7 rings (SSSR count). The fourth-order valence-electron chi connectivity index (χ4n) is 6.87. The van der Waals surface area contributed by atoms with Gasteiger partial charge in [0.2, 0.25) is 5.91 Å². The lowest BCUT2D eigenvalue weighted by atomic mass is 9.94. The molecule has 0 bridgehead atoms. The number of urea groups is 1. The molecule has 4 aliphatic heterocycles. The van der Waals surface area contributed by atoms with Crippen LogP contribution in [-0.4, -0.2) is 106 Å². The third-order valence-electron chi connectivity index (χ3n) is 9.36. The Morgan fingerprint density at radius 2 is 1.60 bits per heavy atom. The number of aromatic nitrogens is 2. The van der Waals surface area contributed by atoms with E-state index in [0.29, 0.717) is 23.0 Å². The Balaban J connectivity index is 0.956. The molecule has 1 aromatic heterocycles. The maximum absolute atomic E-state index is 13.8. The number of nitrogens with one attached hydrogen (secondary N) is 1. The fraction of sp³-hybridized carbons (Fsp3) is 0.375. The number of nitrogens with zero attached hydrogens (tertiary/aromatic N) is 7. The Hall–Kier alpha value is -5.31. The molecule has 5 amide bonds. The van der Waals surface area contributed by atoms with Gasteiger partial charge in [-0.1, -0.05) is 6.07 Å². The summed E-state index contributed by atoms with van der Waals surface area (Å²) in [6, 6.07) is 9.84. The number of hydrazine groups is 1.